The summed E-state index contributed by atoms with van der Waals surface area (Å²) in [5, 5.41) is 4.27. The number of hydrogen-bond donors (Lipinski definition) is 0. The number of imidazole rings is 1. The van der Waals surface area contributed by atoms with E-state index in [4.69, 9.17) is 17.1 Å². The fraction of sp³-hybridized carbons (Fsp3) is 0.164. The average Bonchev–Trinajstić information content (AvgIpc) is 3.96. The molecule has 7 aromatic carbocycles. The number of fused-ring (bicyclic) bond motifs is 6. The van der Waals surface area contributed by atoms with Gasteiger partial charge in [0.05, 0.1) is 42.2 Å². The van der Waals surface area contributed by atoms with E-state index in [1.165, 1.54) is 27.9 Å². The van der Waals surface area contributed by atoms with Crippen molar-refractivity contribution in [2.24, 2.45) is 0 Å². The quantitative estimate of drug-likeness (QED) is 0.107. The zero-order valence-corrected chi connectivity index (χ0v) is 42.8. The zero-order chi connectivity index (χ0) is 48.0. The first-order valence-corrected chi connectivity index (χ1v) is 26.7. The topological polar surface area (TPSA) is 56.7 Å². The summed E-state index contributed by atoms with van der Waals surface area (Å²) in [5.74, 6) is 1.32. The maximum Gasteiger partial charge on any atom is 0.120 e. The van der Waals surface area contributed by atoms with Gasteiger partial charge in [-0.3, -0.25) is 9.97 Å². The summed E-state index contributed by atoms with van der Waals surface area (Å²) in [6.45, 7) is 15.8. The van der Waals surface area contributed by atoms with Crippen molar-refractivity contribution in [2.75, 3.05) is 0 Å². The van der Waals surface area contributed by atoms with E-state index < -0.39 is 14.4 Å². The van der Waals surface area contributed by atoms with E-state index in [2.05, 4.69) is 148 Å². The molecule has 0 unspecified atom stereocenters. The molecular formula is C61H54IrN4OSi-2. The van der Waals surface area contributed by atoms with Crippen LogP contribution in [0, 0.1) is 12.1 Å². The van der Waals surface area contributed by atoms with Gasteiger partial charge in [0.1, 0.15) is 5.58 Å². The van der Waals surface area contributed by atoms with Gasteiger partial charge in [-0.05, 0) is 81.2 Å². The monoisotopic (exact) mass is 1080 g/mol. The van der Waals surface area contributed by atoms with E-state index in [0.29, 0.717) is 5.56 Å². The predicted octanol–water partition coefficient (Wildman–Crippen LogP) is 15.5. The molecule has 0 fully saturated rings. The summed E-state index contributed by atoms with van der Waals surface area (Å²) < 4.78 is 26.6. The average molecular weight is 1080 g/mol. The molecule has 0 aliphatic heterocycles. The number of pyridine rings is 2. The Morgan fingerprint density at radius 3 is 1.99 bits per heavy atom. The van der Waals surface area contributed by atoms with Crippen LogP contribution in [0.2, 0.25) is 19.6 Å². The van der Waals surface area contributed by atoms with Crippen molar-refractivity contribution in [3.05, 3.63) is 211 Å². The van der Waals surface area contributed by atoms with E-state index in [1.54, 1.807) is 0 Å². The van der Waals surface area contributed by atoms with Crippen molar-refractivity contribution in [3.8, 4) is 39.5 Å². The molecule has 7 heteroatoms. The zero-order valence-electron chi connectivity index (χ0n) is 41.4. The Morgan fingerprint density at radius 1 is 0.632 bits per heavy atom. The molecule has 1 radical (unpaired) electrons. The Labute approximate surface area is 417 Å². The van der Waals surface area contributed by atoms with E-state index in [-0.39, 0.29) is 31.9 Å². The number of benzene rings is 7. The van der Waals surface area contributed by atoms with Gasteiger partial charge in [-0.15, -0.1) is 54.1 Å². The molecule has 0 bridgehead atoms. The summed E-state index contributed by atoms with van der Waals surface area (Å²) >= 11 is 0. The minimum Gasteiger partial charge on any atom is -0.501 e. The van der Waals surface area contributed by atoms with Crippen molar-refractivity contribution >= 4 is 57.1 Å². The molecule has 0 N–H and O–H groups in total. The number of nitrogens with zero attached hydrogens (tertiary/aromatic N) is 4. The molecule has 11 aromatic rings. The first kappa shape index (κ1) is 43.8. The minimum absolute atomic E-state index is 0. The maximum atomic E-state index is 8.84. The van der Waals surface area contributed by atoms with Gasteiger partial charge in [-0.25, -0.2) is 0 Å². The number of hydrogen-bond acceptors (Lipinski definition) is 4. The Kier molecular flexibility index (Phi) is 12.5. The van der Waals surface area contributed by atoms with Gasteiger partial charge in [0.25, 0.3) is 0 Å². The Hall–Kier alpha value is -6.76. The molecule has 5 nitrogen and oxygen atoms in total. The Bertz CT molecular complexity index is 3610. The summed E-state index contributed by atoms with van der Waals surface area (Å²) in [4.78, 5) is 14.7. The second-order valence-electron chi connectivity index (χ2n) is 18.8. The van der Waals surface area contributed by atoms with Crippen LogP contribution in [0.1, 0.15) is 64.5 Å². The summed E-state index contributed by atoms with van der Waals surface area (Å²) in [7, 11) is -1.76. The third kappa shape index (κ3) is 9.02. The molecular weight excluding hydrogens is 1030 g/mol. The van der Waals surface area contributed by atoms with E-state index >= 15 is 0 Å². The molecule has 4 heterocycles. The van der Waals surface area contributed by atoms with Crippen LogP contribution in [0.15, 0.2) is 181 Å². The van der Waals surface area contributed by atoms with Crippen molar-refractivity contribution < 1.29 is 27.3 Å². The third-order valence-electron chi connectivity index (χ3n) is 12.4. The maximum absolute atomic E-state index is 8.84. The van der Waals surface area contributed by atoms with Crippen molar-refractivity contribution in [1.29, 1.82) is 0 Å². The van der Waals surface area contributed by atoms with Crippen LogP contribution < -0.4 is 5.19 Å². The molecule has 0 aliphatic rings. The van der Waals surface area contributed by atoms with E-state index in [9.17, 15) is 0 Å². The standard InChI is InChI=1S/C40H32N3O.C21H22NSi.Ir/c1-24(2)32-21-27(26-13-6-5-7-14-26)22-33(25(3)4)37(32)43-38-30-16-8-10-19-34(30)41-23-35(38)42-40(43)31-18-12-17-29-28-15-9-11-20-36(28)44-39(29)31;1-23(2,3)21-16-22-20(18-12-8-5-9-13-18)15-19(21)14-17-10-6-4-7-11-17;/h5-17,19-25H,1-4H3;4-12,15-16H,14H2,1-3H3;/q2*-1;/i;14D2;. The SMILES string of the molecule is CC(C)c1cc(-c2ccccc2)cc(C(C)C)c1-n1c(-c2[c-]ccc3c2oc2ccccc23)nc2cnc3ccccc3c21.[2H]C([2H])(c1ccccc1)c1cc(-c2[c-]cccc2)ncc1[Si](C)(C)C.[Ir]. The van der Waals surface area contributed by atoms with Crippen LogP contribution >= 0.6 is 0 Å². The van der Waals surface area contributed by atoms with Gasteiger partial charge in [0.2, 0.25) is 0 Å². The first-order chi connectivity index (χ1) is 33.3. The molecule has 68 heavy (non-hydrogen) atoms. The molecule has 0 saturated carbocycles. The molecule has 0 aliphatic carbocycles. The molecule has 11 rings (SSSR count). The number of aromatic nitrogens is 4. The second-order valence-corrected chi connectivity index (χ2v) is 23.8. The Morgan fingerprint density at radius 2 is 1.29 bits per heavy atom. The molecule has 0 saturated heterocycles. The summed E-state index contributed by atoms with van der Waals surface area (Å²) in [6, 6.07) is 61.7. The van der Waals surface area contributed by atoms with E-state index in [1.807, 2.05) is 97.3 Å². The van der Waals surface area contributed by atoms with E-state index in [0.717, 1.165) is 77.3 Å². The van der Waals surface area contributed by atoms with Crippen molar-refractivity contribution in [3.63, 3.8) is 0 Å². The van der Waals surface area contributed by atoms with Gasteiger partial charge in [0, 0.05) is 45.5 Å². The van der Waals surface area contributed by atoms with Gasteiger partial charge in [0.15, 0.2) is 0 Å². The summed E-state index contributed by atoms with van der Waals surface area (Å²) in [5.41, 5.74) is 14.5. The number of rotatable bonds is 9. The van der Waals surface area contributed by atoms with Crippen LogP contribution in [0.5, 0.6) is 0 Å². The van der Waals surface area contributed by atoms with Gasteiger partial charge >= 0.3 is 0 Å². The largest absolute Gasteiger partial charge is 0.501 e. The fourth-order valence-electron chi connectivity index (χ4n) is 9.09. The van der Waals surface area contributed by atoms with Crippen molar-refractivity contribution in [2.45, 2.75) is 65.5 Å². The molecule has 0 atom stereocenters. The van der Waals surface area contributed by atoms with Gasteiger partial charge in [-0.2, -0.15) is 0 Å². The normalized spacial score (nSPS) is 12.3. The minimum atomic E-state index is -1.76. The second kappa shape index (κ2) is 19.5. The van der Waals surface area contributed by atoms with Crippen LogP contribution in [0.25, 0.3) is 83.3 Å². The number of para-hydroxylation sites is 2. The molecule has 0 spiro atoms. The summed E-state index contributed by atoms with van der Waals surface area (Å²) in [6.07, 6.45) is 2.21. The van der Waals surface area contributed by atoms with Gasteiger partial charge < -0.3 is 14.0 Å². The van der Waals surface area contributed by atoms with Crippen LogP contribution in [-0.4, -0.2) is 27.6 Å². The fourth-order valence-corrected chi connectivity index (χ4v) is 10.5. The van der Waals surface area contributed by atoms with Crippen LogP contribution in [0.3, 0.4) is 0 Å². The van der Waals surface area contributed by atoms with Gasteiger partial charge in [-0.1, -0.05) is 167 Å². The number of furan rings is 1. The predicted molar refractivity (Wildman–Crippen MR) is 282 cm³/mol. The first-order valence-electron chi connectivity index (χ1n) is 24.2. The molecule has 0 amide bonds. The smallest absolute Gasteiger partial charge is 0.120 e. The van der Waals surface area contributed by atoms with Crippen molar-refractivity contribution in [1.82, 2.24) is 19.5 Å². The Balaban J connectivity index is 0.000000200. The van der Waals surface area contributed by atoms with Crippen LogP contribution in [-0.2, 0) is 26.5 Å². The third-order valence-corrected chi connectivity index (χ3v) is 14.5. The molecule has 4 aromatic heterocycles. The van der Waals surface area contributed by atoms with Crippen LogP contribution in [0.4, 0.5) is 0 Å². The molecule has 339 valence electrons.